The SMILES string of the molecule is C1=C(c2ccc(N(c3ccccc3)c3cccc4c3ccc3ccccc34)cc2)C(c2ccccc2)=C(c2ccccc2)C(c2ccccc2)(c2ccc(N(c3ccccc3)c3cccc4c3ccc3ccccc34)cc2)C1c1ccccc1. The lowest BCUT2D eigenvalue weighted by Gasteiger charge is -2.48. The van der Waals surface area contributed by atoms with Gasteiger partial charge in [0.15, 0.2) is 0 Å². The summed E-state index contributed by atoms with van der Waals surface area (Å²) in [5.74, 6) is -0.174. The number of benzene rings is 14. The normalized spacial score (nSPS) is 15.1. The number of anilines is 6. The maximum absolute atomic E-state index is 2.60. The van der Waals surface area contributed by atoms with Gasteiger partial charge in [0.05, 0.1) is 16.8 Å². The topological polar surface area (TPSA) is 6.48 Å². The van der Waals surface area contributed by atoms with Crippen molar-refractivity contribution in [3.8, 4) is 0 Å². The fourth-order valence-corrected chi connectivity index (χ4v) is 13.6. The van der Waals surface area contributed by atoms with Crippen LogP contribution in [-0.4, -0.2) is 0 Å². The summed E-state index contributed by atoms with van der Waals surface area (Å²) in [4.78, 5) is 4.84. The van der Waals surface area contributed by atoms with E-state index in [-0.39, 0.29) is 5.92 Å². The molecule has 15 rings (SSSR count). The lowest BCUT2D eigenvalue weighted by atomic mass is 9.54. The fraction of sp³-hybridized carbons (Fsp3) is 0.0244. The number of hydrogen-bond acceptors (Lipinski definition) is 2. The number of allylic oxidation sites excluding steroid dienone is 4. The first-order chi connectivity index (χ1) is 41.7. The second-order valence-corrected chi connectivity index (χ2v) is 21.9. The number of para-hydroxylation sites is 2. The number of hydrogen-bond donors (Lipinski definition) is 0. The van der Waals surface area contributed by atoms with E-state index in [0.717, 1.165) is 45.3 Å². The first-order valence-corrected chi connectivity index (χ1v) is 29.1. The number of rotatable bonds is 12. The summed E-state index contributed by atoms with van der Waals surface area (Å²) in [7, 11) is 0. The Balaban J connectivity index is 0.960. The van der Waals surface area contributed by atoms with Crippen LogP contribution in [0.25, 0.3) is 59.8 Å². The van der Waals surface area contributed by atoms with E-state index in [0.29, 0.717) is 0 Å². The van der Waals surface area contributed by atoms with E-state index in [1.54, 1.807) is 0 Å². The zero-order valence-corrected chi connectivity index (χ0v) is 46.4. The molecule has 84 heavy (non-hydrogen) atoms. The molecular formula is C82H58N2. The third-order valence-corrected chi connectivity index (χ3v) is 17.3. The van der Waals surface area contributed by atoms with Crippen molar-refractivity contribution in [2.45, 2.75) is 11.3 Å². The van der Waals surface area contributed by atoms with Gasteiger partial charge in [0.25, 0.3) is 0 Å². The molecule has 14 aromatic rings. The summed E-state index contributed by atoms with van der Waals surface area (Å²) in [5.41, 5.74) is 16.6. The van der Waals surface area contributed by atoms with Crippen LogP contribution in [0.4, 0.5) is 34.1 Å². The van der Waals surface area contributed by atoms with Crippen LogP contribution in [0.5, 0.6) is 0 Å². The molecule has 1 aliphatic carbocycles. The Morgan fingerprint density at radius 1 is 0.250 bits per heavy atom. The van der Waals surface area contributed by atoms with Crippen LogP contribution in [0.2, 0.25) is 0 Å². The summed E-state index contributed by atoms with van der Waals surface area (Å²) in [6.45, 7) is 0. The van der Waals surface area contributed by atoms with Gasteiger partial charge in [-0.3, -0.25) is 0 Å². The fourth-order valence-electron chi connectivity index (χ4n) is 13.6. The summed E-state index contributed by atoms with van der Waals surface area (Å²) in [6.07, 6.45) is 2.60. The van der Waals surface area contributed by atoms with Crippen LogP contribution in [0.1, 0.15) is 39.3 Å². The molecule has 0 aliphatic heterocycles. The Bertz CT molecular complexity index is 4730. The van der Waals surface area contributed by atoms with E-state index in [1.165, 1.54) is 82.1 Å². The predicted octanol–water partition coefficient (Wildman–Crippen LogP) is 22.0. The van der Waals surface area contributed by atoms with Crippen molar-refractivity contribution >= 4 is 93.9 Å². The van der Waals surface area contributed by atoms with Crippen molar-refractivity contribution in [3.63, 3.8) is 0 Å². The number of fused-ring (bicyclic) bond motifs is 6. The maximum atomic E-state index is 2.60. The van der Waals surface area contributed by atoms with Crippen LogP contribution in [0, 0.1) is 0 Å². The van der Waals surface area contributed by atoms with E-state index in [4.69, 9.17) is 0 Å². The van der Waals surface area contributed by atoms with Gasteiger partial charge in [-0.2, -0.15) is 0 Å². The van der Waals surface area contributed by atoms with Crippen LogP contribution in [0.3, 0.4) is 0 Å². The van der Waals surface area contributed by atoms with Gasteiger partial charge in [-0.1, -0.05) is 285 Å². The zero-order valence-electron chi connectivity index (χ0n) is 46.4. The van der Waals surface area contributed by atoms with Gasteiger partial charge in [0.1, 0.15) is 0 Å². The molecule has 0 spiro atoms. The Hall–Kier alpha value is -10.8. The van der Waals surface area contributed by atoms with Gasteiger partial charge in [-0.15, -0.1) is 0 Å². The molecule has 0 bridgehead atoms. The molecule has 0 radical (unpaired) electrons. The molecule has 0 heterocycles. The summed E-state index contributed by atoms with van der Waals surface area (Å²) >= 11 is 0. The van der Waals surface area contributed by atoms with E-state index >= 15 is 0 Å². The van der Waals surface area contributed by atoms with Crippen molar-refractivity contribution in [2.24, 2.45) is 0 Å². The van der Waals surface area contributed by atoms with E-state index in [1.807, 2.05) is 0 Å². The zero-order chi connectivity index (χ0) is 55.8. The first-order valence-electron chi connectivity index (χ1n) is 29.1. The molecular weight excluding hydrogens is 1010 g/mol. The quantitative estimate of drug-likeness (QED) is 0.113. The van der Waals surface area contributed by atoms with Gasteiger partial charge < -0.3 is 9.80 Å². The van der Waals surface area contributed by atoms with E-state index in [2.05, 4.69) is 356 Å². The first kappa shape index (κ1) is 50.2. The second kappa shape index (κ2) is 21.6. The molecule has 1 aliphatic rings. The van der Waals surface area contributed by atoms with E-state index in [9.17, 15) is 0 Å². The Morgan fingerprint density at radius 2 is 0.643 bits per heavy atom. The average Bonchev–Trinajstić information content (AvgIpc) is 1.39. The molecule has 0 fully saturated rings. The van der Waals surface area contributed by atoms with Gasteiger partial charge in [0, 0.05) is 39.4 Å². The van der Waals surface area contributed by atoms with E-state index < -0.39 is 5.41 Å². The lowest BCUT2D eigenvalue weighted by molar-refractivity contribution is 0.587. The highest BCUT2D eigenvalue weighted by Crippen LogP contribution is 2.62. The maximum Gasteiger partial charge on any atom is 0.0566 e. The smallest absolute Gasteiger partial charge is 0.0566 e. The van der Waals surface area contributed by atoms with Crippen molar-refractivity contribution in [2.75, 3.05) is 9.80 Å². The monoisotopic (exact) mass is 1070 g/mol. The molecule has 2 heteroatoms. The Kier molecular flexibility index (Phi) is 12.9. The molecule has 396 valence electrons. The van der Waals surface area contributed by atoms with Crippen molar-refractivity contribution < 1.29 is 0 Å². The molecule has 0 aromatic heterocycles. The van der Waals surface area contributed by atoms with Crippen molar-refractivity contribution in [3.05, 3.63) is 379 Å². The third kappa shape index (κ3) is 8.67. The average molecular weight is 1070 g/mol. The second-order valence-electron chi connectivity index (χ2n) is 21.9. The molecule has 2 nitrogen and oxygen atoms in total. The highest BCUT2D eigenvalue weighted by molar-refractivity contribution is 6.20. The van der Waals surface area contributed by atoms with Crippen LogP contribution in [-0.2, 0) is 5.41 Å². The van der Waals surface area contributed by atoms with Crippen LogP contribution < -0.4 is 9.80 Å². The summed E-state index contributed by atoms with van der Waals surface area (Å²) < 4.78 is 0. The standard InChI is InChI=1S/C82H58N2/c1-7-27-61(28-8-1)77-57-76(60-45-51-68(52-46-60)83(66-35-15-5-16-36-66)78-43-23-41-72-70-39-21-19-25-58(70)47-55-74(72)78)80(62-29-9-2-10-30-62)81(63-31-11-3-12-32-63)82(77,64-33-13-4-14-34-64)65-49-53-69(54-50-65)84(67-37-17-6-18-38-67)79-44-24-42-73-71-40-22-20-26-59(71)48-56-75(73)79/h1-57,77H. The largest absolute Gasteiger partial charge is 0.310 e. The molecule has 14 aromatic carbocycles. The van der Waals surface area contributed by atoms with Gasteiger partial charge in [-0.05, 0) is 143 Å². The number of nitrogens with zero attached hydrogens (tertiary/aromatic N) is 2. The highest BCUT2D eigenvalue weighted by atomic mass is 15.1. The molecule has 0 N–H and O–H groups in total. The Labute approximate surface area is 491 Å². The molecule has 0 saturated carbocycles. The molecule has 2 unspecified atom stereocenters. The minimum absolute atomic E-state index is 0.174. The predicted molar refractivity (Wildman–Crippen MR) is 356 cm³/mol. The summed E-state index contributed by atoms with van der Waals surface area (Å²) in [6, 6.07) is 125. The molecule has 0 amide bonds. The minimum Gasteiger partial charge on any atom is -0.310 e. The Morgan fingerprint density at radius 3 is 1.15 bits per heavy atom. The van der Waals surface area contributed by atoms with Gasteiger partial charge in [0.2, 0.25) is 0 Å². The van der Waals surface area contributed by atoms with Crippen molar-refractivity contribution in [1.29, 1.82) is 0 Å². The van der Waals surface area contributed by atoms with Crippen LogP contribution >= 0.6 is 0 Å². The highest BCUT2D eigenvalue weighted by Gasteiger charge is 2.50. The molecule has 2 atom stereocenters. The van der Waals surface area contributed by atoms with Crippen molar-refractivity contribution in [1.82, 2.24) is 0 Å². The summed E-state index contributed by atoms with van der Waals surface area (Å²) in [5, 5.41) is 9.83. The van der Waals surface area contributed by atoms with Gasteiger partial charge in [-0.25, -0.2) is 0 Å². The molecule has 0 saturated heterocycles. The third-order valence-electron chi connectivity index (χ3n) is 17.3. The minimum atomic E-state index is -0.754. The van der Waals surface area contributed by atoms with Crippen LogP contribution in [0.15, 0.2) is 346 Å². The lowest BCUT2D eigenvalue weighted by Crippen LogP contribution is -2.39. The van der Waals surface area contributed by atoms with Gasteiger partial charge >= 0.3 is 0 Å².